The van der Waals surface area contributed by atoms with E-state index in [4.69, 9.17) is 28.6 Å². The van der Waals surface area contributed by atoms with Crippen molar-refractivity contribution in [3.8, 4) is 11.4 Å². The van der Waals surface area contributed by atoms with E-state index in [1.807, 2.05) is 29.7 Å². The molecule has 3 aromatic rings. The molecule has 0 bridgehead atoms. The van der Waals surface area contributed by atoms with Crippen molar-refractivity contribution in [2.24, 2.45) is 0 Å². The highest BCUT2D eigenvalue weighted by molar-refractivity contribution is 7.71. The average molecular weight is 306 g/mol. The maximum atomic E-state index is 6.28. The zero-order valence-corrected chi connectivity index (χ0v) is 12.5. The summed E-state index contributed by atoms with van der Waals surface area (Å²) < 4.78 is 7.61. The number of methoxy groups -OCH3 is 1. The molecule has 2 aromatic heterocycles. The van der Waals surface area contributed by atoms with Crippen LogP contribution in [0, 0.1) is 11.7 Å². The normalized spacial score (nSPS) is 10.9. The van der Waals surface area contributed by atoms with Crippen LogP contribution >= 0.6 is 23.8 Å². The number of nitrogens with one attached hydrogen (secondary N) is 1. The number of aromatic nitrogens is 3. The van der Waals surface area contributed by atoms with Gasteiger partial charge in [0.15, 0.2) is 10.4 Å². The highest BCUT2D eigenvalue weighted by Gasteiger charge is 2.12. The molecule has 2 heterocycles. The molecule has 20 heavy (non-hydrogen) atoms. The molecule has 3 rings (SSSR count). The fourth-order valence-electron chi connectivity index (χ4n) is 2.11. The number of hydrogen-bond acceptors (Lipinski definition) is 3. The summed E-state index contributed by atoms with van der Waals surface area (Å²) in [6.07, 6.45) is 1.80. The molecule has 0 saturated heterocycles. The summed E-state index contributed by atoms with van der Waals surface area (Å²) in [5.74, 6) is 0.716. The van der Waals surface area contributed by atoms with Gasteiger partial charge < -0.3 is 9.72 Å². The maximum absolute atomic E-state index is 6.28. The Kier molecular flexibility index (Phi) is 3.23. The third-order valence-electron chi connectivity index (χ3n) is 3.05. The van der Waals surface area contributed by atoms with Gasteiger partial charge in [-0.2, -0.15) is 0 Å². The first-order valence-corrected chi connectivity index (χ1v) is 6.80. The van der Waals surface area contributed by atoms with Crippen LogP contribution in [0.25, 0.3) is 16.9 Å². The Hall–Kier alpha value is -1.85. The van der Waals surface area contributed by atoms with E-state index in [-0.39, 0.29) is 0 Å². The smallest absolute Gasteiger partial charge is 0.184 e. The van der Waals surface area contributed by atoms with Crippen molar-refractivity contribution in [3.63, 3.8) is 0 Å². The lowest BCUT2D eigenvalue weighted by Gasteiger charge is -2.08. The highest BCUT2D eigenvalue weighted by Crippen LogP contribution is 2.28. The van der Waals surface area contributed by atoms with Gasteiger partial charge in [-0.15, -0.1) is 0 Å². The third kappa shape index (κ3) is 2.09. The molecule has 0 aliphatic heterocycles. The standard InChI is InChI=1S/C14H12ClN3OS/c1-8-5-11-13(16-7-8)18(14(20)17-11)12-6-9(19-2)3-4-10(12)15/h3-7H,1-2H3,(H,17,20). The quantitative estimate of drug-likeness (QED) is 0.726. The monoisotopic (exact) mass is 305 g/mol. The second-order valence-corrected chi connectivity index (χ2v) is 5.26. The Morgan fingerprint density at radius 2 is 2.15 bits per heavy atom. The summed E-state index contributed by atoms with van der Waals surface area (Å²) in [6, 6.07) is 7.43. The van der Waals surface area contributed by atoms with Crippen molar-refractivity contribution < 1.29 is 4.74 Å². The molecule has 0 unspecified atom stereocenters. The van der Waals surface area contributed by atoms with E-state index in [0.717, 1.165) is 22.4 Å². The van der Waals surface area contributed by atoms with Gasteiger partial charge in [0.25, 0.3) is 0 Å². The summed E-state index contributed by atoms with van der Waals surface area (Å²) in [5, 5.41) is 0.588. The predicted molar refractivity (Wildman–Crippen MR) is 82.6 cm³/mol. The predicted octanol–water partition coefficient (Wildman–Crippen LogP) is 4.05. The van der Waals surface area contributed by atoms with Crippen LogP contribution in [0.15, 0.2) is 30.5 Å². The van der Waals surface area contributed by atoms with E-state index >= 15 is 0 Å². The van der Waals surface area contributed by atoms with Gasteiger partial charge in [0.2, 0.25) is 0 Å². The van der Waals surface area contributed by atoms with Gasteiger partial charge in [0.05, 0.1) is 23.3 Å². The molecule has 0 amide bonds. The fraction of sp³-hybridized carbons (Fsp3) is 0.143. The first-order valence-electron chi connectivity index (χ1n) is 6.01. The lowest BCUT2D eigenvalue weighted by atomic mass is 10.3. The molecule has 1 N–H and O–H groups in total. The van der Waals surface area contributed by atoms with Crippen LogP contribution < -0.4 is 4.74 Å². The Morgan fingerprint density at radius 3 is 2.90 bits per heavy atom. The van der Waals surface area contributed by atoms with Crippen molar-refractivity contribution in [1.29, 1.82) is 0 Å². The van der Waals surface area contributed by atoms with Crippen LogP contribution in [0.2, 0.25) is 5.02 Å². The summed E-state index contributed by atoms with van der Waals surface area (Å²) in [5.41, 5.74) is 3.45. The zero-order valence-electron chi connectivity index (χ0n) is 11.0. The Balaban J connectivity index is 2.34. The van der Waals surface area contributed by atoms with E-state index < -0.39 is 0 Å². The molecule has 0 spiro atoms. The number of nitrogens with zero attached hydrogens (tertiary/aromatic N) is 2. The molecule has 0 saturated carbocycles. The van der Waals surface area contributed by atoms with Gasteiger partial charge in [0, 0.05) is 12.3 Å². The minimum atomic E-state index is 0.549. The number of H-pyrrole nitrogens is 1. The number of imidazole rings is 1. The van der Waals surface area contributed by atoms with Crippen molar-refractivity contribution >= 4 is 35.0 Å². The first-order chi connectivity index (χ1) is 9.60. The van der Waals surface area contributed by atoms with Crippen LogP contribution in [-0.4, -0.2) is 21.6 Å². The van der Waals surface area contributed by atoms with Crippen LogP contribution in [0.1, 0.15) is 5.56 Å². The van der Waals surface area contributed by atoms with Gasteiger partial charge in [-0.1, -0.05) is 11.6 Å². The van der Waals surface area contributed by atoms with Crippen molar-refractivity contribution in [3.05, 3.63) is 45.8 Å². The second-order valence-electron chi connectivity index (χ2n) is 4.47. The highest BCUT2D eigenvalue weighted by atomic mass is 35.5. The van der Waals surface area contributed by atoms with E-state index in [1.54, 1.807) is 19.4 Å². The van der Waals surface area contributed by atoms with Crippen molar-refractivity contribution in [2.75, 3.05) is 7.11 Å². The molecular weight excluding hydrogens is 294 g/mol. The average Bonchev–Trinajstić information content (AvgIpc) is 2.74. The summed E-state index contributed by atoms with van der Waals surface area (Å²) >= 11 is 11.7. The number of halogens is 1. The first kappa shape index (κ1) is 13.1. The SMILES string of the molecule is COc1ccc(Cl)c(-n2c(=S)[nH]c3cc(C)cnc32)c1. The van der Waals surface area contributed by atoms with Crippen LogP contribution in [0.4, 0.5) is 0 Å². The molecule has 0 fully saturated rings. The summed E-state index contributed by atoms with van der Waals surface area (Å²) in [4.78, 5) is 7.59. The second kappa shape index (κ2) is 4.92. The largest absolute Gasteiger partial charge is 0.497 e. The Labute approximate surface area is 126 Å². The van der Waals surface area contributed by atoms with Gasteiger partial charge in [-0.3, -0.25) is 4.57 Å². The van der Waals surface area contributed by atoms with E-state index in [9.17, 15) is 0 Å². The third-order valence-corrected chi connectivity index (χ3v) is 3.66. The molecule has 6 heteroatoms. The number of ether oxygens (including phenoxy) is 1. The van der Waals surface area contributed by atoms with Crippen LogP contribution in [0.5, 0.6) is 5.75 Å². The van der Waals surface area contributed by atoms with E-state index in [1.165, 1.54) is 0 Å². The summed E-state index contributed by atoms with van der Waals surface area (Å²) in [7, 11) is 1.61. The zero-order chi connectivity index (χ0) is 14.3. The molecule has 4 nitrogen and oxygen atoms in total. The minimum Gasteiger partial charge on any atom is -0.497 e. The van der Waals surface area contributed by atoms with Crippen LogP contribution in [0.3, 0.4) is 0 Å². The minimum absolute atomic E-state index is 0.549. The van der Waals surface area contributed by atoms with Gasteiger partial charge in [-0.25, -0.2) is 4.98 Å². The molecule has 1 aromatic carbocycles. The fourth-order valence-corrected chi connectivity index (χ4v) is 2.61. The molecule has 0 aliphatic carbocycles. The van der Waals surface area contributed by atoms with Gasteiger partial charge in [-0.05, 0) is 42.9 Å². The number of pyridine rings is 1. The van der Waals surface area contributed by atoms with Crippen LogP contribution in [-0.2, 0) is 0 Å². The Bertz CT molecular complexity index is 853. The number of benzene rings is 1. The van der Waals surface area contributed by atoms with Gasteiger partial charge in [0.1, 0.15) is 5.75 Å². The lowest BCUT2D eigenvalue weighted by Crippen LogP contribution is -1.97. The topological polar surface area (TPSA) is 42.8 Å². The van der Waals surface area contributed by atoms with Gasteiger partial charge >= 0.3 is 0 Å². The number of aromatic amines is 1. The molecule has 0 radical (unpaired) electrons. The number of aryl methyl sites for hydroxylation is 1. The number of rotatable bonds is 2. The molecule has 0 aliphatic rings. The Morgan fingerprint density at radius 1 is 1.35 bits per heavy atom. The van der Waals surface area contributed by atoms with Crippen molar-refractivity contribution in [2.45, 2.75) is 6.92 Å². The molecule has 0 atom stereocenters. The summed E-state index contributed by atoms with van der Waals surface area (Å²) in [6.45, 7) is 1.99. The number of hydrogen-bond donors (Lipinski definition) is 1. The lowest BCUT2D eigenvalue weighted by molar-refractivity contribution is 0.414. The van der Waals surface area contributed by atoms with E-state index in [2.05, 4.69) is 9.97 Å². The molecular formula is C14H12ClN3OS. The molecule has 102 valence electrons. The maximum Gasteiger partial charge on any atom is 0.184 e. The van der Waals surface area contributed by atoms with E-state index in [0.29, 0.717) is 15.5 Å². The number of fused-ring (bicyclic) bond motifs is 1. The van der Waals surface area contributed by atoms with Crippen molar-refractivity contribution in [1.82, 2.24) is 14.5 Å².